The highest BCUT2D eigenvalue weighted by Gasteiger charge is 2.35. The van der Waals surface area contributed by atoms with Crippen molar-refractivity contribution in [3.63, 3.8) is 0 Å². The van der Waals surface area contributed by atoms with E-state index < -0.39 is 11.8 Å². The fourth-order valence-corrected chi connectivity index (χ4v) is 2.95. The molecular formula is C19H19N3O4. The number of amides is 3. The van der Waals surface area contributed by atoms with Gasteiger partial charge in [-0.05, 0) is 24.3 Å². The third kappa shape index (κ3) is 3.51. The van der Waals surface area contributed by atoms with Crippen LogP contribution >= 0.6 is 0 Å². The van der Waals surface area contributed by atoms with E-state index >= 15 is 0 Å². The predicted molar refractivity (Wildman–Crippen MR) is 97.0 cm³/mol. The summed E-state index contributed by atoms with van der Waals surface area (Å²) in [5, 5.41) is 2.71. The van der Waals surface area contributed by atoms with Crippen molar-refractivity contribution in [3.05, 3.63) is 54.1 Å². The number of hydrogen-bond donors (Lipinski definition) is 2. The molecule has 7 nitrogen and oxygen atoms in total. The van der Waals surface area contributed by atoms with Gasteiger partial charge in [0.1, 0.15) is 5.75 Å². The number of methoxy groups -OCH3 is 1. The number of hydrogen-bond acceptors (Lipinski definition) is 4. The molecule has 7 heteroatoms. The summed E-state index contributed by atoms with van der Waals surface area (Å²) in [6, 6.07) is 13.6. The first-order valence-corrected chi connectivity index (χ1v) is 8.13. The van der Waals surface area contributed by atoms with Crippen molar-refractivity contribution in [2.45, 2.75) is 6.42 Å². The van der Waals surface area contributed by atoms with E-state index in [1.165, 1.54) is 0 Å². The molecule has 0 unspecified atom stereocenters. The molecule has 1 saturated heterocycles. The highest BCUT2D eigenvalue weighted by molar-refractivity contribution is 6.06. The number of nitrogens with zero attached hydrogens (tertiary/aromatic N) is 1. The average Bonchev–Trinajstić information content (AvgIpc) is 3.04. The Balaban J connectivity index is 1.74. The van der Waals surface area contributed by atoms with Gasteiger partial charge in [0.2, 0.25) is 11.8 Å². The van der Waals surface area contributed by atoms with Crippen LogP contribution in [-0.2, 0) is 9.59 Å². The van der Waals surface area contributed by atoms with Crippen LogP contribution < -0.4 is 20.7 Å². The zero-order chi connectivity index (χ0) is 18.7. The third-order valence-electron chi connectivity index (χ3n) is 4.31. The zero-order valence-electron chi connectivity index (χ0n) is 14.3. The maximum absolute atomic E-state index is 12.6. The number of benzene rings is 2. The standard InChI is InChI=1S/C19H19N3O4/c1-26-14-6-4-5-13(10-14)22-11-12(9-17(22)23)19(25)21-16-8-3-2-7-15(16)18(20)24/h2-8,10,12H,9,11H2,1H3,(H2,20,24)(H,21,25)/t12-/m1/s1. The highest BCUT2D eigenvalue weighted by atomic mass is 16.5. The number of primary amides is 1. The lowest BCUT2D eigenvalue weighted by atomic mass is 10.1. The molecule has 1 aliphatic heterocycles. The van der Waals surface area contributed by atoms with Crippen LogP contribution in [0.3, 0.4) is 0 Å². The molecule has 3 N–H and O–H groups in total. The quantitative estimate of drug-likeness (QED) is 0.855. The lowest BCUT2D eigenvalue weighted by Gasteiger charge is -2.17. The summed E-state index contributed by atoms with van der Waals surface area (Å²) < 4.78 is 5.18. The fourth-order valence-electron chi connectivity index (χ4n) is 2.95. The monoisotopic (exact) mass is 353 g/mol. The van der Waals surface area contributed by atoms with Crippen molar-refractivity contribution < 1.29 is 19.1 Å². The molecule has 0 bridgehead atoms. The molecule has 2 aromatic carbocycles. The van der Waals surface area contributed by atoms with Crippen molar-refractivity contribution >= 4 is 29.1 Å². The number of carbonyl (C=O) groups is 3. The molecule has 0 spiro atoms. The number of anilines is 2. The first-order chi connectivity index (χ1) is 12.5. The molecule has 0 radical (unpaired) electrons. The molecule has 0 aromatic heterocycles. The Morgan fingerprint density at radius 3 is 2.69 bits per heavy atom. The van der Waals surface area contributed by atoms with E-state index in [2.05, 4.69) is 5.32 Å². The summed E-state index contributed by atoms with van der Waals surface area (Å²) in [5.74, 6) is -0.964. The van der Waals surface area contributed by atoms with Gasteiger partial charge in [0.25, 0.3) is 5.91 Å². The summed E-state index contributed by atoms with van der Waals surface area (Å²) in [6.45, 7) is 0.260. The average molecular weight is 353 g/mol. The van der Waals surface area contributed by atoms with Crippen molar-refractivity contribution in [1.82, 2.24) is 0 Å². The summed E-state index contributed by atoms with van der Waals surface area (Å²) in [4.78, 5) is 37.9. The molecular weight excluding hydrogens is 334 g/mol. The lowest BCUT2D eigenvalue weighted by Crippen LogP contribution is -2.28. The minimum absolute atomic E-state index is 0.0990. The van der Waals surface area contributed by atoms with Gasteiger partial charge >= 0.3 is 0 Å². The number of carbonyl (C=O) groups excluding carboxylic acids is 3. The maximum atomic E-state index is 12.6. The van der Waals surface area contributed by atoms with Crippen LogP contribution in [0.1, 0.15) is 16.8 Å². The second-order valence-electron chi connectivity index (χ2n) is 6.01. The summed E-state index contributed by atoms with van der Waals surface area (Å²) >= 11 is 0. The number of nitrogens with one attached hydrogen (secondary N) is 1. The van der Waals surface area contributed by atoms with E-state index in [-0.39, 0.29) is 30.3 Å². The highest BCUT2D eigenvalue weighted by Crippen LogP contribution is 2.28. The van der Waals surface area contributed by atoms with E-state index in [4.69, 9.17) is 10.5 Å². The van der Waals surface area contributed by atoms with Crippen LogP contribution in [0.25, 0.3) is 0 Å². The van der Waals surface area contributed by atoms with Gasteiger partial charge in [-0.1, -0.05) is 18.2 Å². The Morgan fingerprint density at radius 2 is 1.96 bits per heavy atom. The van der Waals surface area contributed by atoms with E-state index in [1.54, 1.807) is 60.5 Å². The molecule has 26 heavy (non-hydrogen) atoms. The van der Waals surface area contributed by atoms with E-state index in [0.29, 0.717) is 17.1 Å². The predicted octanol–water partition coefficient (Wildman–Crippen LogP) is 1.79. The summed E-state index contributed by atoms with van der Waals surface area (Å²) in [6.07, 6.45) is 0.0990. The number of ether oxygens (including phenoxy) is 1. The minimum atomic E-state index is -0.624. The Labute approximate surface area is 150 Å². The van der Waals surface area contributed by atoms with E-state index in [0.717, 1.165) is 0 Å². The van der Waals surface area contributed by atoms with E-state index in [1.807, 2.05) is 0 Å². The summed E-state index contributed by atoms with van der Waals surface area (Å²) in [5.41, 5.74) is 6.59. The molecule has 2 aromatic rings. The van der Waals surface area contributed by atoms with Gasteiger partial charge in [-0.3, -0.25) is 14.4 Å². The van der Waals surface area contributed by atoms with Gasteiger partial charge < -0.3 is 20.7 Å². The third-order valence-corrected chi connectivity index (χ3v) is 4.31. The fraction of sp³-hybridized carbons (Fsp3) is 0.211. The van der Waals surface area contributed by atoms with Gasteiger partial charge in [0.15, 0.2) is 0 Å². The zero-order valence-corrected chi connectivity index (χ0v) is 14.3. The molecule has 1 heterocycles. The van der Waals surface area contributed by atoms with Gasteiger partial charge in [0, 0.05) is 24.7 Å². The SMILES string of the molecule is COc1cccc(N2C[C@H](C(=O)Nc3ccccc3C(N)=O)CC2=O)c1. The van der Waals surface area contributed by atoms with Crippen molar-refractivity contribution in [3.8, 4) is 5.75 Å². The Kier molecular flexibility index (Phi) is 4.88. The number of nitrogens with two attached hydrogens (primary N) is 1. The summed E-state index contributed by atoms with van der Waals surface area (Å²) in [7, 11) is 1.55. The minimum Gasteiger partial charge on any atom is -0.497 e. The lowest BCUT2D eigenvalue weighted by molar-refractivity contribution is -0.122. The molecule has 0 aliphatic carbocycles. The molecule has 3 amide bonds. The van der Waals surface area contributed by atoms with Gasteiger partial charge in [-0.25, -0.2) is 0 Å². The van der Waals surface area contributed by atoms with Gasteiger partial charge in [-0.15, -0.1) is 0 Å². The molecule has 3 rings (SSSR count). The smallest absolute Gasteiger partial charge is 0.250 e. The van der Waals surface area contributed by atoms with Crippen molar-refractivity contribution in [2.24, 2.45) is 11.7 Å². The van der Waals surface area contributed by atoms with Crippen molar-refractivity contribution in [1.29, 1.82) is 0 Å². The molecule has 134 valence electrons. The van der Waals surface area contributed by atoms with Crippen LogP contribution in [0, 0.1) is 5.92 Å². The normalized spacial score (nSPS) is 16.4. The molecule has 1 atom stereocenters. The largest absolute Gasteiger partial charge is 0.497 e. The van der Waals surface area contributed by atoms with Crippen LogP contribution in [0.5, 0.6) is 5.75 Å². The van der Waals surface area contributed by atoms with Crippen LogP contribution in [0.4, 0.5) is 11.4 Å². The second-order valence-corrected chi connectivity index (χ2v) is 6.01. The van der Waals surface area contributed by atoms with E-state index in [9.17, 15) is 14.4 Å². The molecule has 1 fully saturated rings. The van der Waals surface area contributed by atoms with Crippen molar-refractivity contribution in [2.75, 3.05) is 23.9 Å². The second kappa shape index (κ2) is 7.26. The number of rotatable bonds is 5. The molecule has 0 saturated carbocycles. The Morgan fingerprint density at radius 1 is 1.19 bits per heavy atom. The number of para-hydroxylation sites is 1. The van der Waals surface area contributed by atoms with Crippen LogP contribution in [0.2, 0.25) is 0 Å². The first kappa shape index (κ1) is 17.5. The molecule has 1 aliphatic rings. The van der Waals surface area contributed by atoms with Crippen LogP contribution in [-0.4, -0.2) is 31.4 Å². The van der Waals surface area contributed by atoms with Crippen LogP contribution in [0.15, 0.2) is 48.5 Å². The maximum Gasteiger partial charge on any atom is 0.250 e. The first-order valence-electron chi connectivity index (χ1n) is 8.13. The Bertz CT molecular complexity index is 865. The Hall–Kier alpha value is -3.35. The van der Waals surface area contributed by atoms with Gasteiger partial charge in [-0.2, -0.15) is 0 Å². The van der Waals surface area contributed by atoms with Gasteiger partial charge in [0.05, 0.1) is 24.3 Å². The topological polar surface area (TPSA) is 102 Å².